The molecule has 26 heavy (non-hydrogen) atoms. The van der Waals surface area contributed by atoms with Crippen molar-refractivity contribution in [2.75, 3.05) is 4.72 Å². The molecule has 0 saturated heterocycles. The molecular weight excluding hydrogens is 355 g/mol. The zero-order valence-corrected chi connectivity index (χ0v) is 14.9. The molecule has 5 nitrogen and oxygen atoms in total. The van der Waals surface area contributed by atoms with E-state index in [0.717, 1.165) is 43.4 Å². The summed E-state index contributed by atoms with van der Waals surface area (Å²) in [6.07, 6.45) is 3.72. The average Bonchev–Trinajstić information content (AvgIpc) is 3.50. The number of hydrogen-bond donors (Lipinski definition) is 2. The molecule has 0 aromatic heterocycles. The Labute approximate surface area is 151 Å². The number of carbonyl (C=O) groups is 1. The molecule has 0 aliphatic heterocycles. The van der Waals surface area contributed by atoms with Crippen LogP contribution >= 0.6 is 0 Å². The Bertz CT molecular complexity index is 932. The number of halogens is 1. The molecule has 4 rings (SSSR count). The molecule has 1 amide bonds. The van der Waals surface area contributed by atoms with Crippen molar-refractivity contribution in [1.29, 1.82) is 0 Å². The molecule has 2 N–H and O–H groups in total. The van der Waals surface area contributed by atoms with Gasteiger partial charge in [0.05, 0.1) is 10.3 Å². The van der Waals surface area contributed by atoms with Crippen LogP contribution in [0.15, 0.2) is 53.4 Å². The quantitative estimate of drug-likeness (QED) is 0.816. The Morgan fingerprint density at radius 3 is 2.15 bits per heavy atom. The maximum atomic E-state index is 13.0. The average molecular weight is 374 g/mol. The Kier molecular flexibility index (Phi) is 3.99. The minimum atomic E-state index is -3.78. The van der Waals surface area contributed by atoms with E-state index in [4.69, 9.17) is 0 Å². The first-order valence-corrected chi connectivity index (χ1v) is 10.1. The van der Waals surface area contributed by atoms with Crippen LogP contribution in [0.4, 0.5) is 10.1 Å². The van der Waals surface area contributed by atoms with E-state index in [9.17, 15) is 17.6 Å². The van der Waals surface area contributed by atoms with E-state index in [1.165, 1.54) is 12.1 Å². The lowest BCUT2D eigenvalue weighted by Gasteiger charge is -2.16. The van der Waals surface area contributed by atoms with Gasteiger partial charge in [-0.25, -0.2) is 12.8 Å². The first-order chi connectivity index (χ1) is 12.4. The highest BCUT2D eigenvalue weighted by atomic mass is 32.2. The fourth-order valence-electron chi connectivity index (χ4n) is 3.01. The van der Waals surface area contributed by atoms with Gasteiger partial charge in [0.2, 0.25) is 5.91 Å². The minimum absolute atomic E-state index is 0.00884. The summed E-state index contributed by atoms with van der Waals surface area (Å²) in [7, 11) is -3.78. The third kappa shape index (κ3) is 3.31. The number of rotatable bonds is 6. The van der Waals surface area contributed by atoms with Crippen LogP contribution in [0.2, 0.25) is 0 Å². The van der Waals surface area contributed by atoms with Crippen LogP contribution in [-0.2, 0) is 20.2 Å². The molecule has 7 heteroatoms. The molecule has 136 valence electrons. The van der Waals surface area contributed by atoms with E-state index in [0.29, 0.717) is 11.7 Å². The van der Waals surface area contributed by atoms with Gasteiger partial charge in [-0.1, -0.05) is 12.1 Å². The SMILES string of the molecule is O=C(NC1CC1)C1(c2ccc(NS(=O)(=O)c3ccc(F)cc3)cc2)CC1. The van der Waals surface area contributed by atoms with Gasteiger partial charge in [-0.3, -0.25) is 9.52 Å². The van der Waals surface area contributed by atoms with Crippen molar-refractivity contribution in [2.45, 2.75) is 42.0 Å². The zero-order chi connectivity index (χ0) is 18.4. The smallest absolute Gasteiger partial charge is 0.261 e. The third-order valence-corrected chi connectivity index (χ3v) is 6.31. The molecule has 0 heterocycles. The summed E-state index contributed by atoms with van der Waals surface area (Å²) in [6, 6.07) is 11.9. The van der Waals surface area contributed by atoms with Crippen LogP contribution in [0.5, 0.6) is 0 Å². The number of anilines is 1. The molecule has 0 atom stereocenters. The highest BCUT2D eigenvalue weighted by Crippen LogP contribution is 2.49. The largest absolute Gasteiger partial charge is 0.353 e. The number of benzene rings is 2. The van der Waals surface area contributed by atoms with Gasteiger partial charge in [0.1, 0.15) is 5.82 Å². The molecule has 0 unspecified atom stereocenters. The maximum absolute atomic E-state index is 13.0. The maximum Gasteiger partial charge on any atom is 0.261 e. The summed E-state index contributed by atoms with van der Waals surface area (Å²) >= 11 is 0. The fourth-order valence-corrected chi connectivity index (χ4v) is 4.07. The van der Waals surface area contributed by atoms with Crippen molar-refractivity contribution >= 4 is 21.6 Å². The van der Waals surface area contributed by atoms with Crippen LogP contribution in [0.1, 0.15) is 31.2 Å². The van der Waals surface area contributed by atoms with Gasteiger partial charge in [-0.05, 0) is 67.6 Å². The van der Waals surface area contributed by atoms with Crippen LogP contribution < -0.4 is 10.0 Å². The highest BCUT2D eigenvalue weighted by molar-refractivity contribution is 7.92. The molecule has 2 saturated carbocycles. The molecule has 0 bridgehead atoms. The lowest BCUT2D eigenvalue weighted by molar-refractivity contribution is -0.123. The number of amides is 1. The summed E-state index contributed by atoms with van der Waals surface area (Å²) in [5, 5.41) is 3.05. The molecule has 2 aromatic rings. The number of nitrogens with one attached hydrogen (secondary N) is 2. The number of hydrogen-bond acceptors (Lipinski definition) is 3. The summed E-state index contributed by atoms with van der Waals surface area (Å²) in [4.78, 5) is 12.4. The lowest BCUT2D eigenvalue weighted by atomic mass is 9.95. The molecule has 2 fully saturated rings. The van der Waals surface area contributed by atoms with Crippen molar-refractivity contribution < 1.29 is 17.6 Å². The van der Waals surface area contributed by atoms with Crippen LogP contribution in [0, 0.1) is 5.82 Å². The second-order valence-corrected chi connectivity index (χ2v) is 8.65. The van der Waals surface area contributed by atoms with E-state index in [1.54, 1.807) is 24.3 Å². The Morgan fingerprint density at radius 2 is 1.62 bits per heavy atom. The summed E-state index contributed by atoms with van der Waals surface area (Å²) in [5.41, 5.74) is 0.841. The zero-order valence-electron chi connectivity index (χ0n) is 14.0. The second kappa shape index (κ2) is 6.09. The van der Waals surface area contributed by atoms with E-state index in [-0.39, 0.29) is 10.8 Å². The second-order valence-electron chi connectivity index (χ2n) is 6.97. The van der Waals surface area contributed by atoms with E-state index in [2.05, 4.69) is 10.0 Å². The Balaban J connectivity index is 1.49. The topological polar surface area (TPSA) is 75.3 Å². The minimum Gasteiger partial charge on any atom is -0.353 e. The molecule has 2 aromatic carbocycles. The number of carbonyl (C=O) groups excluding carboxylic acids is 1. The van der Waals surface area contributed by atoms with Crippen molar-refractivity contribution in [3.8, 4) is 0 Å². The molecule has 2 aliphatic rings. The summed E-state index contributed by atoms with van der Waals surface area (Å²) in [5.74, 6) is -0.424. The molecule has 0 spiro atoms. The first-order valence-electron chi connectivity index (χ1n) is 8.59. The van der Waals surface area contributed by atoms with Crippen molar-refractivity contribution in [3.63, 3.8) is 0 Å². The Hall–Kier alpha value is -2.41. The van der Waals surface area contributed by atoms with Gasteiger partial charge in [-0.2, -0.15) is 0 Å². The van der Waals surface area contributed by atoms with Gasteiger partial charge < -0.3 is 5.32 Å². The van der Waals surface area contributed by atoms with Crippen molar-refractivity contribution in [2.24, 2.45) is 0 Å². The monoisotopic (exact) mass is 374 g/mol. The van der Waals surface area contributed by atoms with Gasteiger partial charge >= 0.3 is 0 Å². The van der Waals surface area contributed by atoms with E-state index in [1.807, 2.05) is 0 Å². The lowest BCUT2D eigenvalue weighted by Crippen LogP contribution is -2.36. The standard InChI is InChI=1S/C19H19FN2O3S/c20-14-3-9-17(10-4-14)26(24,25)22-16-5-1-13(2-6-16)19(11-12-19)18(23)21-15-7-8-15/h1-6,9-10,15,22H,7-8,11-12H2,(H,21,23). The third-order valence-electron chi connectivity index (χ3n) is 4.91. The van der Waals surface area contributed by atoms with Crippen molar-refractivity contribution in [1.82, 2.24) is 5.32 Å². The van der Waals surface area contributed by atoms with Crippen molar-refractivity contribution in [3.05, 3.63) is 59.9 Å². The van der Waals surface area contributed by atoms with Crippen LogP contribution in [0.3, 0.4) is 0 Å². The van der Waals surface area contributed by atoms with Crippen LogP contribution in [-0.4, -0.2) is 20.4 Å². The van der Waals surface area contributed by atoms with E-state index < -0.39 is 21.3 Å². The highest BCUT2D eigenvalue weighted by Gasteiger charge is 2.52. The van der Waals surface area contributed by atoms with Gasteiger partial charge in [0.25, 0.3) is 10.0 Å². The fraction of sp³-hybridized carbons (Fsp3) is 0.316. The normalized spacial score (nSPS) is 18.2. The predicted octanol–water partition coefficient (Wildman–Crippen LogP) is 2.94. The summed E-state index contributed by atoms with van der Waals surface area (Å²) < 4.78 is 40.1. The van der Waals surface area contributed by atoms with Gasteiger partial charge in [-0.15, -0.1) is 0 Å². The van der Waals surface area contributed by atoms with Gasteiger partial charge in [0.15, 0.2) is 0 Å². The van der Waals surface area contributed by atoms with E-state index >= 15 is 0 Å². The number of sulfonamides is 1. The van der Waals surface area contributed by atoms with Gasteiger partial charge in [0, 0.05) is 11.7 Å². The molecule has 2 aliphatic carbocycles. The summed E-state index contributed by atoms with van der Waals surface area (Å²) in [6.45, 7) is 0. The first kappa shape index (κ1) is 17.0. The predicted molar refractivity (Wildman–Crippen MR) is 95.7 cm³/mol. The molecule has 0 radical (unpaired) electrons. The van der Waals surface area contributed by atoms with Crippen LogP contribution in [0.25, 0.3) is 0 Å². The molecular formula is C19H19FN2O3S. The Morgan fingerprint density at radius 1 is 1.00 bits per heavy atom.